The molecule has 0 aromatic rings. The highest BCUT2D eigenvalue weighted by Gasteiger charge is 2.08. The molecule has 0 heterocycles. The van der Waals surface area contributed by atoms with E-state index in [1.807, 2.05) is 33.0 Å². The fraction of sp³-hybridized carbons (Fsp3) is 0.609. The van der Waals surface area contributed by atoms with Crippen molar-refractivity contribution in [2.75, 3.05) is 13.2 Å². The summed E-state index contributed by atoms with van der Waals surface area (Å²) in [6, 6.07) is 0.579. The van der Waals surface area contributed by atoms with Crippen molar-refractivity contribution in [1.82, 2.24) is 10.6 Å². The van der Waals surface area contributed by atoms with Crippen LogP contribution in [0.25, 0.3) is 0 Å². The monoisotopic (exact) mass is 387 g/mol. The Bertz CT molecular complexity index is 564. The number of allylic oxidation sites excluding steroid dienone is 3. The second-order valence-electron chi connectivity index (χ2n) is 6.96. The summed E-state index contributed by atoms with van der Waals surface area (Å²) in [5, 5.41) is 15.0. The molecule has 0 aliphatic heterocycles. The molecule has 0 fully saturated rings. The summed E-state index contributed by atoms with van der Waals surface area (Å²) < 4.78 is 0. The highest BCUT2D eigenvalue weighted by Crippen LogP contribution is 2.09. The lowest BCUT2D eigenvalue weighted by Crippen LogP contribution is -2.30. The van der Waals surface area contributed by atoms with Gasteiger partial charge in [0, 0.05) is 24.2 Å². The smallest absolute Gasteiger partial charge is 0.108 e. The normalized spacial score (nSPS) is 13.4. The number of rotatable bonds is 15. The highest BCUT2D eigenvalue weighted by atomic mass is 15.1. The second kappa shape index (κ2) is 17.1. The first-order chi connectivity index (χ1) is 13.5. The summed E-state index contributed by atoms with van der Waals surface area (Å²) in [4.78, 5) is 8.75. The molecule has 0 aromatic carbocycles. The predicted octanol–water partition coefficient (Wildman–Crippen LogP) is 5.42. The fourth-order valence-electron chi connectivity index (χ4n) is 2.65. The van der Waals surface area contributed by atoms with E-state index in [1.165, 1.54) is 25.7 Å². The van der Waals surface area contributed by atoms with Gasteiger partial charge in [0.2, 0.25) is 0 Å². The van der Waals surface area contributed by atoms with Gasteiger partial charge in [-0.25, -0.2) is 4.99 Å². The van der Waals surface area contributed by atoms with Crippen molar-refractivity contribution >= 4 is 17.8 Å². The van der Waals surface area contributed by atoms with Crippen LogP contribution in [0.4, 0.5) is 0 Å². The van der Waals surface area contributed by atoms with Gasteiger partial charge in [0.25, 0.3) is 0 Å². The SMILES string of the molecule is C=C/C(C)=C\C=NCNC(C)=N/C=C(/CCNC(CCC)CCC)C(=N)CC. The molecule has 0 aliphatic rings. The molecular weight excluding hydrogens is 346 g/mol. The minimum atomic E-state index is 0.474. The maximum absolute atomic E-state index is 8.21. The quantitative estimate of drug-likeness (QED) is 0.199. The zero-order valence-corrected chi connectivity index (χ0v) is 18.6. The van der Waals surface area contributed by atoms with E-state index in [0.29, 0.717) is 18.4 Å². The van der Waals surface area contributed by atoms with Gasteiger partial charge in [-0.1, -0.05) is 51.8 Å². The third-order valence-corrected chi connectivity index (χ3v) is 4.45. The molecule has 0 amide bonds. The molecule has 5 nitrogen and oxygen atoms in total. The molecule has 0 unspecified atom stereocenters. The Morgan fingerprint density at radius 1 is 1.14 bits per heavy atom. The summed E-state index contributed by atoms with van der Waals surface area (Å²) >= 11 is 0. The van der Waals surface area contributed by atoms with Crippen molar-refractivity contribution < 1.29 is 0 Å². The van der Waals surface area contributed by atoms with E-state index in [1.54, 1.807) is 12.3 Å². The standard InChI is InChI=1S/C23H41N5/c1-7-11-22(12-8-2)26-16-14-21(23(24)10-4)17-27-20(6)28-18-25-15-13-19(5)9-3/h9,13,15,17,22,24,26H,3,7-8,10-12,14,16,18H2,1-2,4-6H3,(H,27,28)/b19-13-,21-17-,24-23?,25-15?. The van der Waals surface area contributed by atoms with Gasteiger partial charge in [0.15, 0.2) is 0 Å². The average Bonchev–Trinajstić information content (AvgIpc) is 2.69. The zero-order chi connectivity index (χ0) is 21.2. The van der Waals surface area contributed by atoms with Crippen molar-refractivity contribution in [3.05, 3.63) is 36.1 Å². The average molecular weight is 388 g/mol. The Balaban J connectivity index is 4.68. The minimum Gasteiger partial charge on any atom is -0.355 e. The van der Waals surface area contributed by atoms with E-state index in [9.17, 15) is 0 Å². The van der Waals surface area contributed by atoms with Gasteiger partial charge in [-0.05, 0) is 57.7 Å². The summed E-state index contributed by atoms with van der Waals surface area (Å²) in [6.07, 6.45) is 13.7. The van der Waals surface area contributed by atoms with E-state index >= 15 is 0 Å². The number of nitrogens with one attached hydrogen (secondary N) is 3. The van der Waals surface area contributed by atoms with Crippen LogP contribution in [0.2, 0.25) is 0 Å². The number of nitrogens with zero attached hydrogens (tertiary/aromatic N) is 2. The zero-order valence-electron chi connectivity index (χ0n) is 18.6. The van der Waals surface area contributed by atoms with Gasteiger partial charge in [-0.2, -0.15) is 0 Å². The topological polar surface area (TPSA) is 72.6 Å². The maximum atomic E-state index is 8.21. The lowest BCUT2D eigenvalue weighted by atomic mass is 10.0. The molecule has 0 saturated carbocycles. The van der Waals surface area contributed by atoms with Crippen LogP contribution in [0.5, 0.6) is 0 Å². The largest absolute Gasteiger partial charge is 0.355 e. The van der Waals surface area contributed by atoms with Crippen LogP contribution in [-0.2, 0) is 0 Å². The van der Waals surface area contributed by atoms with Crippen LogP contribution in [0.3, 0.4) is 0 Å². The first kappa shape index (κ1) is 26.0. The Morgan fingerprint density at radius 2 is 1.82 bits per heavy atom. The number of hydrogen-bond donors (Lipinski definition) is 3. The molecule has 0 radical (unpaired) electrons. The fourth-order valence-corrected chi connectivity index (χ4v) is 2.65. The number of hydrogen-bond acceptors (Lipinski definition) is 4. The summed E-state index contributed by atoms with van der Waals surface area (Å²) in [7, 11) is 0. The second-order valence-corrected chi connectivity index (χ2v) is 6.96. The summed E-state index contributed by atoms with van der Waals surface area (Å²) in [5.74, 6) is 0.797. The molecule has 0 rings (SSSR count). The minimum absolute atomic E-state index is 0.474. The Hall–Kier alpha value is -2.01. The van der Waals surface area contributed by atoms with Gasteiger partial charge < -0.3 is 16.0 Å². The summed E-state index contributed by atoms with van der Waals surface area (Å²) in [6.45, 7) is 15.4. The Kier molecular flexibility index (Phi) is 15.9. The van der Waals surface area contributed by atoms with Crippen molar-refractivity contribution in [2.24, 2.45) is 9.98 Å². The summed E-state index contributed by atoms with van der Waals surface area (Å²) in [5.41, 5.74) is 2.73. The van der Waals surface area contributed by atoms with Gasteiger partial charge in [-0.3, -0.25) is 4.99 Å². The number of amidine groups is 1. The Labute approximate surface area is 172 Å². The molecule has 0 saturated heterocycles. The third-order valence-electron chi connectivity index (χ3n) is 4.45. The van der Waals surface area contributed by atoms with E-state index in [2.05, 4.69) is 41.0 Å². The molecular formula is C23H41N5. The van der Waals surface area contributed by atoms with Crippen molar-refractivity contribution in [2.45, 2.75) is 79.2 Å². The molecule has 158 valence electrons. The molecule has 0 aliphatic carbocycles. The van der Waals surface area contributed by atoms with Crippen LogP contribution < -0.4 is 10.6 Å². The predicted molar refractivity (Wildman–Crippen MR) is 126 cm³/mol. The molecule has 0 aromatic heterocycles. The van der Waals surface area contributed by atoms with Crippen LogP contribution in [0.15, 0.2) is 46.1 Å². The first-order valence-corrected chi connectivity index (χ1v) is 10.6. The molecule has 0 spiro atoms. The highest BCUT2D eigenvalue weighted by molar-refractivity contribution is 5.97. The third kappa shape index (κ3) is 13.2. The Morgan fingerprint density at radius 3 is 2.39 bits per heavy atom. The molecule has 3 N–H and O–H groups in total. The van der Waals surface area contributed by atoms with E-state index in [0.717, 1.165) is 36.4 Å². The lowest BCUT2D eigenvalue weighted by Gasteiger charge is -2.18. The van der Waals surface area contributed by atoms with E-state index in [4.69, 9.17) is 5.41 Å². The van der Waals surface area contributed by atoms with Crippen LogP contribution >= 0.6 is 0 Å². The first-order valence-electron chi connectivity index (χ1n) is 10.6. The number of aliphatic imine (C=N–C) groups is 2. The van der Waals surface area contributed by atoms with Gasteiger partial charge in [0.1, 0.15) is 6.67 Å². The van der Waals surface area contributed by atoms with E-state index < -0.39 is 0 Å². The van der Waals surface area contributed by atoms with Crippen LogP contribution in [0, 0.1) is 5.41 Å². The molecule has 28 heavy (non-hydrogen) atoms. The molecule has 5 heteroatoms. The molecule has 0 atom stereocenters. The van der Waals surface area contributed by atoms with E-state index in [-0.39, 0.29) is 0 Å². The van der Waals surface area contributed by atoms with Crippen molar-refractivity contribution in [3.63, 3.8) is 0 Å². The van der Waals surface area contributed by atoms with Gasteiger partial charge >= 0.3 is 0 Å². The van der Waals surface area contributed by atoms with Crippen LogP contribution in [-0.4, -0.2) is 37.0 Å². The lowest BCUT2D eigenvalue weighted by molar-refractivity contribution is 0.447. The van der Waals surface area contributed by atoms with Gasteiger partial charge in [0.05, 0.1) is 5.84 Å². The molecule has 0 bridgehead atoms. The van der Waals surface area contributed by atoms with Crippen molar-refractivity contribution in [1.29, 1.82) is 5.41 Å². The maximum Gasteiger partial charge on any atom is 0.108 e. The van der Waals surface area contributed by atoms with Crippen molar-refractivity contribution in [3.8, 4) is 0 Å². The van der Waals surface area contributed by atoms with Crippen LogP contribution in [0.1, 0.15) is 73.1 Å². The van der Waals surface area contributed by atoms with Gasteiger partial charge in [-0.15, -0.1) is 0 Å².